The summed E-state index contributed by atoms with van der Waals surface area (Å²) in [5.41, 5.74) is 7.10. The first-order valence-corrected chi connectivity index (χ1v) is 6.43. The fourth-order valence-electron chi connectivity index (χ4n) is 2.34. The van der Waals surface area contributed by atoms with E-state index in [1.54, 1.807) is 17.0 Å². The number of amides is 1. The summed E-state index contributed by atoms with van der Waals surface area (Å²) < 4.78 is 0. The monoisotopic (exact) mass is 262 g/mol. The highest BCUT2D eigenvalue weighted by Crippen LogP contribution is 2.19. The number of carbonyl (C=O) groups excluding carboxylic acids is 1. The van der Waals surface area contributed by atoms with Gasteiger partial charge in [-0.05, 0) is 30.5 Å². The lowest BCUT2D eigenvalue weighted by Gasteiger charge is -2.30. The molecular weight excluding hydrogens is 244 g/mol. The molecule has 1 heterocycles. The molecule has 0 aliphatic carbocycles. The Hall–Kier alpha value is -1.88. The lowest BCUT2D eigenvalue weighted by atomic mass is 9.96. The van der Waals surface area contributed by atoms with E-state index in [4.69, 9.17) is 10.8 Å². The molecule has 1 aromatic rings. The van der Waals surface area contributed by atoms with Crippen LogP contribution in [0.25, 0.3) is 0 Å². The molecule has 0 atom stereocenters. The van der Waals surface area contributed by atoms with Gasteiger partial charge in [-0.1, -0.05) is 12.1 Å². The van der Waals surface area contributed by atoms with Crippen LogP contribution >= 0.6 is 0 Å². The normalized spacial score (nSPS) is 16.4. The van der Waals surface area contributed by atoms with Crippen molar-refractivity contribution in [1.82, 2.24) is 4.90 Å². The summed E-state index contributed by atoms with van der Waals surface area (Å²) >= 11 is 0. The molecule has 1 fully saturated rings. The van der Waals surface area contributed by atoms with E-state index in [1.807, 2.05) is 12.1 Å². The number of rotatable bonds is 3. The summed E-state index contributed by atoms with van der Waals surface area (Å²) in [5, 5.41) is 8.93. The molecule has 0 bridgehead atoms. The second kappa shape index (κ2) is 5.84. The predicted octanol–water partition coefficient (Wildman–Crippen LogP) is 1.08. The average Bonchev–Trinajstić information content (AvgIpc) is 2.46. The zero-order valence-corrected chi connectivity index (χ0v) is 10.7. The predicted molar refractivity (Wildman–Crippen MR) is 70.6 cm³/mol. The molecule has 5 heteroatoms. The van der Waals surface area contributed by atoms with E-state index in [9.17, 15) is 9.59 Å². The maximum absolute atomic E-state index is 12.3. The molecule has 0 aromatic heterocycles. The lowest BCUT2D eigenvalue weighted by Crippen LogP contribution is -2.40. The Morgan fingerprint density at radius 1 is 1.32 bits per heavy atom. The number of carbonyl (C=O) groups is 2. The van der Waals surface area contributed by atoms with E-state index in [1.165, 1.54) is 0 Å². The molecule has 102 valence electrons. The Balaban J connectivity index is 2.02. The second-order valence-electron chi connectivity index (χ2n) is 4.81. The number of piperidine rings is 1. The van der Waals surface area contributed by atoms with Crippen molar-refractivity contribution >= 4 is 11.9 Å². The Morgan fingerprint density at radius 3 is 2.58 bits per heavy atom. The number of carboxylic acids is 1. The number of nitrogens with two attached hydrogens (primary N) is 1. The summed E-state index contributed by atoms with van der Waals surface area (Å²) in [5.74, 6) is -1.13. The number of carboxylic acid groups (broad SMARTS) is 1. The van der Waals surface area contributed by atoms with Crippen LogP contribution in [0.15, 0.2) is 24.3 Å². The summed E-state index contributed by atoms with van der Waals surface area (Å²) in [6.07, 6.45) is 1.05. The van der Waals surface area contributed by atoms with Crippen molar-refractivity contribution < 1.29 is 14.7 Å². The van der Waals surface area contributed by atoms with E-state index in [0.717, 1.165) is 5.56 Å². The number of aliphatic carboxylic acids is 1. The van der Waals surface area contributed by atoms with Crippen molar-refractivity contribution in [2.45, 2.75) is 19.4 Å². The number of likely N-dealkylation sites (tertiary alicyclic amines) is 1. The van der Waals surface area contributed by atoms with Crippen LogP contribution in [0.4, 0.5) is 0 Å². The van der Waals surface area contributed by atoms with Gasteiger partial charge in [-0.25, -0.2) is 0 Å². The van der Waals surface area contributed by atoms with Gasteiger partial charge < -0.3 is 15.7 Å². The minimum atomic E-state index is -0.766. The number of hydrogen-bond acceptors (Lipinski definition) is 3. The van der Waals surface area contributed by atoms with E-state index in [2.05, 4.69) is 0 Å². The van der Waals surface area contributed by atoms with Crippen molar-refractivity contribution in [2.24, 2.45) is 11.7 Å². The molecule has 0 radical (unpaired) electrons. The standard InChI is InChI=1S/C14H18N2O3/c15-9-10-2-1-3-12(8-10)13(17)16-6-4-11(5-7-16)14(18)19/h1-3,8,11H,4-7,9,15H2,(H,18,19). The number of benzene rings is 1. The van der Waals surface area contributed by atoms with Crippen molar-refractivity contribution in [3.63, 3.8) is 0 Å². The SMILES string of the molecule is NCc1cccc(C(=O)N2CCC(C(=O)O)CC2)c1. The van der Waals surface area contributed by atoms with Gasteiger partial charge in [0.25, 0.3) is 5.91 Å². The Labute approximate surface area is 112 Å². The number of hydrogen-bond donors (Lipinski definition) is 2. The minimum absolute atomic E-state index is 0.0425. The van der Waals surface area contributed by atoms with Crippen molar-refractivity contribution in [3.05, 3.63) is 35.4 Å². The zero-order valence-electron chi connectivity index (χ0n) is 10.7. The first-order valence-electron chi connectivity index (χ1n) is 6.43. The van der Waals surface area contributed by atoms with Gasteiger partial charge in [0, 0.05) is 25.2 Å². The van der Waals surface area contributed by atoms with Crippen LogP contribution in [0.3, 0.4) is 0 Å². The maximum Gasteiger partial charge on any atom is 0.306 e. The van der Waals surface area contributed by atoms with Gasteiger partial charge in [0.05, 0.1) is 5.92 Å². The molecule has 0 saturated carbocycles. The van der Waals surface area contributed by atoms with Gasteiger partial charge in [0.1, 0.15) is 0 Å². The van der Waals surface area contributed by atoms with E-state index < -0.39 is 5.97 Å². The van der Waals surface area contributed by atoms with Gasteiger partial charge in [-0.15, -0.1) is 0 Å². The van der Waals surface area contributed by atoms with Gasteiger partial charge in [-0.2, -0.15) is 0 Å². The van der Waals surface area contributed by atoms with Gasteiger partial charge in [-0.3, -0.25) is 9.59 Å². The Morgan fingerprint density at radius 2 is 2.00 bits per heavy atom. The van der Waals surface area contributed by atoms with Crippen LogP contribution in [-0.4, -0.2) is 35.0 Å². The summed E-state index contributed by atoms with van der Waals surface area (Å²) in [4.78, 5) is 24.9. The third kappa shape index (κ3) is 3.12. The average molecular weight is 262 g/mol. The van der Waals surface area contributed by atoms with Crippen molar-refractivity contribution in [2.75, 3.05) is 13.1 Å². The van der Waals surface area contributed by atoms with Crippen molar-refractivity contribution in [1.29, 1.82) is 0 Å². The van der Waals surface area contributed by atoms with Crippen LogP contribution in [-0.2, 0) is 11.3 Å². The highest BCUT2D eigenvalue weighted by atomic mass is 16.4. The molecule has 2 rings (SSSR count). The molecule has 1 amide bonds. The summed E-state index contributed by atoms with van der Waals surface area (Å²) in [6, 6.07) is 7.27. The number of nitrogens with zero attached hydrogens (tertiary/aromatic N) is 1. The van der Waals surface area contributed by atoms with Gasteiger partial charge >= 0.3 is 5.97 Å². The van der Waals surface area contributed by atoms with E-state index in [-0.39, 0.29) is 11.8 Å². The molecule has 1 aromatic carbocycles. The highest BCUT2D eigenvalue weighted by Gasteiger charge is 2.27. The van der Waals surface area contributed by atoms with E-state index in [0.29, 0.717) is 38.0 Å². The van der Waals surface area contributed by atoms with Crippen LogP contribution in [0.1, 0.15) is 28.8 Å². The molecule has 1 aliphatic rings. The fraction of sp³-hybridized carbons (Fsp3) is 0.429. The zero-order chi connectivity index (χ0) is 13.8. The molecule has 0 spiro atoms. The molecular formula is C14H18N2O3. The third-order valence-corrected chi connectivity index (χ3v) is 3.54. The molecule has 5 nitrogen and oxygen atoms in total. The van der Waals surface area contributed by atoms with Crippen LogP contribution in [0.5, 0.6) is 0 Å². The largest absolute Gasteiger partial charge is 0.481 e. The van der Waals surface area contributed by atoms with E-state index >= 15 is 0 Å². The third-order valence-electron chi connectivity index (χ3n) is 3.54. The van der Waals surface area contributed by atoms with Crippen LogP contribution in [0.2, 0.25) is 0 Å². The fourth-order valence-corrected chi connectivity index (χ4v) is 2.34. The molecule has 1 saturated heterocycles. The highest BCUT2D eigenvalue weighted by molar-refractivity contribution is 5.94. The lowest BCUT2D eigenvalue weighted by molar-refractivity contribution is -0.143. The second-order valence-corrected chi connectivity index (χ2v) is 4.81. The Kier molecular flexibility index (Phi) is 4.16. The smallest absolute Gasteiger partial charge is 0.306 e. The Bertz CT molecular complexity index is 479. The first kappa shape index (κ1) is 13.5. The van der Waals surface area contributed by atoms with Crippen LogP contribution in [0, 0.1) is 5.92 Å². The summed E-state index contributed by atoms with van der Waals surface area (Å²) in [6.45, 7) is 1.41. The minimum Gasteiger partial charge on any atom is -0.481 e. The van der Waals surface area contributed by atoms with Crippen molar-refractivity contribution in [3.8, 4) is 0 Å². The molecule has 19 heavy (non-hydrogen) atoms. The topological polar surface area (TPSA) is 83.6 Å². The first-order chi connectivity index (χ1) is 9.11. The summed E-state index contributed by atoms with van der Waals surface area (Å²) in [7, 11) is 0. The quantitative estimate of drug-likeness (QED) is 0.853. The molecule has 3 N–H and O–H groups in total. The van der Waals surface area contributed by atoms with Gasteiger partial charge in [0.15, 0.2) is 0 Å². The molecule has 0 unspecified atom stereocenters. The van der Waals surface area contributed by atoms with Gasteiger partial charge in [0.2, 0.25) is 0 Å². The van der Waals surface area contributed by atoms with Crippen LogP contribution < -0.4 is 5.73 Å². The maximum atomic E-state index is 12.3. The molecule has 1 aliphatic heterocycles.